The summed E-state index contributed by atoms with van der Waals surface area (Å²) in [6.07, 6.45) is 0. The van der Waals surface area contributed by atoms with Gasteiger partial charge in [0.1, 0.15) is 5.82 Å². The number of ether oxygens (including phenoxy) is 3. The van der Waals surface area contributed by atoms with Gasteiger partial charge in [0.05, 0.1) is 21.3 Å². The lowest BCUT2D eigenvalue weighted by Gasteiger charge is -2.22. The molecule has 0 aromatic heterocycles. The summed E-state index contributed by atoms with van der Waals surface area (Å²) in [5.41, 5.74) is 1.95. The third-order valence-corrected chi connectivity index (χ3v) is 4.08. The van der Waals surface area contributed by atoms with Crippen molar-refractivity contribution in [3.63, 3.8) is 0 Å². The Kier molecular flexibility index (Phi) is 7.28. The fraction of sp³-hybridized carbons (Fsp3) is 0.350. The van der Waals surface area contributed by atoms with E-state index in [0.29, 0.717) is 36.3 Å². The van der Waals surface area contributed by atoms with Crippen molar-refractivity contribution in [3.05, 3.63) is 53.3 Å². The van der Waals surface area contributed by atoms with Crippen LogP contribution in [-0.2, 0) is 13.1 Å². The number of hydrogen-bond acceptors (Lipinski definition) is 4. The summed E-state index contributed by atoms with van der Waals surface area (Å²) < 4.78 is 29.2. The van der Waals surface area contributed by atoms with Crippen LogP contribution in [-0.4, -0.2) is 46.3 Å². The first-order valence-corrected chi connectivity index (χ1v) is 8.47. The number of nitrogens with one attached hydrogen (secondary N) is 1. The van der Waals surface area contributed by atoms with Crippen molar-refractivity contribution in [2.75, 3.05) is 35.4 Å². The molecule has 146 valence electrons. The summed E-state index contributed by atoms with van der Waals surface area (Å²) in [6.45, 7) is 1.13. The standard InChI is InChI=1S/C20H26FN3O3/c1-22-20(24(2)13-14-6-8-16(21)9-7-14)23-12-15-10-17(25-3)19(27-5)18(11-15)26-4/h6-11H,12-13H2,1-5H3,(H,22,23). The van der Waals surface area contributed by atoms with Gasteiger partial charge < -0.3 is 24.4 Å². The highest BCUT2D eigenvalue weighted by atomic mass is 19.1. The maximum absolute atomic E-state index is 13.1. The fourth-order valence-corrected chi connectivity index (χ4v) is 2.74. The molecule has 0 bridgehead atoms. The zero-order valence-corrected chi connectivity index (χ0v) is 16.4. The molecule has 0 aliphatic rings. The van der Waals surface area contributed by atoms with Gasteiger partial charge in [-0.1, -0.05) is 12.1 Å². The fourth-order valence-electron chi connectivity index (χ4n) is 2.74. The number of guanidine groups is 1. The number of halogens is 1. The van der Waals surface area contributed by atoms with E-state index in [9.17, 15) is 4.39 Å². The molecule has 0 heterocycles. The third kappa shape index (κ3) is 5.26. The summed E-state index contributed by atoms with van der Waals surface area (Å²) in [4.78, 5) is 6.27. The second kappa shape index (κ2) is 9.66. The van der Waals surface area contributed by atoms with Gasteiger partial charge in [0.25, 0.3) is 0 Å². The lowest BCUT2D eigenvalue weighted by Crippen LogP contribution is -2.38. The molecule has 0 saturated heterocycles. The van der Waals surface area contributed by atoms with Gasteiger partial charge in [-0.2, -0.15) is 0 Å². The monoisotopic (exact) mass is 375 g/mol. The predicted octanol–water partition coefficient (Wildman–Crippen LogP) is 3.06. The van der Waals surface area contributed by atoms with Crippen molar-refractivity contribution in [2.45, 2.75) is 13.1 Å². The molecule has 0 atom stereocenters. The summed E-state index contributed by atoms with van der Waals surface area (Å²) in [5.74, 6) is 2.23. The Hall–Kier alpha value is -2.96. The average Bonchev–Trinajstić information content (AvgIpc) is 2.69. The van der Waals surface area contributed by atoms with Crippen LogP contribution < -0.4 is 19.5 Å². The minimum atomic E-state index is -0.244. The highest BCUT2D eigenvalue weighted by Crippen LogP contribution is 2.38. The molecule has 2 aromatic rings. The number of benzene rings is 2. The maximum atomic E-state index is 13.1. The molecule has 0 aliphatic heterocycles. The average molecular weight is 375 g/mol. The normalized spacial score (nSPS) is 11.1. The largest absolute Gasteiger partial charge is 0.493 e. The molecule has 0 saturated carbocycles. The van der Waals surface area contributed by atoms with Crippen LogP contribution in [0.5, 0.6) is 17.2 Å². The number of aliphatic imine (C=N–C) groups is 1. The van der Waals surface area contributed by atoms with E-state index in [2.05, 4.69) is 10.3 Å². The van der Waals surface area contributed by atoms with E-state index in [1.807, 2.05) is 24.1 Å². The zero-order valence-electron chi connectivity index (χ0n) is 16.4. The molecule has 27 heavy (non-hydrogen) atoms. The van der Waals surface area contributed by atoms with E-state index in [4.69, 9.17) is 14.2 Å². The first-order valence-electron chi connectivity index (χ1n) is 8.47. The first kappa shape index (κ1) is 20.4. The van der Waals surface area contributed by atoms with Crippen LogP contribution in [0, 0.1) is 5.82 Å². The Labute approximate surface area is 159 Å². The molecule has 0 fully saturated rings. The molecule has 6 nitrogen and oxygen atoms in total. The van der Waals surface area contributed by atoms with Gasteiger partial charge in [-0.25, -0.2) is 4.39 Å². The summed E-state index contributed by atoms with van der Waals surface area (Å²) in [7, 11) is 8.39. The highest BCUT2D eigenvalue weighted by Gasteiger charge is 2.14. The van der Waals surface area contributed by atoms with Gasteiger partial charge in [-0.05, 0) is 35.4 Å². The summed E-state index contributed by atoms with van der Waals surface area (Å²) in [6, 6.07) is 10.2. The molecule has 0 spiro atoms. The maximum Gasteiger partial charge on any atom is 0.203 e. The molecule has 2 rings (SSSR count). The number of nitrogens with zero attached hydrogens (tertiary/aromatic N) is 2. The quantitative estimate of drug-likeness (QED) is 0.595. The van der Waals surface area contributed by atoms with Gasteiger partial charge in [0, 0.05) is 27.2 Å². The first-order chi connectivity index (χ1) is 13.0. The van der Waals surface area contributed by atoms with Crippen molar-refractivity contribution in [1.29, 1.82) is 0 Å². The Balaban J connectivity index is 2.08. The summed E-state index contributed by atoms with van der Waals surface area (Å²) in [5, 5.41) is 3.31. The summed E-state index contributed by atoms with van der Waals surface area (Å²) >= 11 is 0. The smallest absolute Gasteiger partial charge is 0.203 e. The van der Waals surface area contributed by atoms with Gasteiger partial charge in [0.15, 0.2) is 17.5 Å². The van der Waals surface area contributed by atoms with E-state index >= 15 is 0 Å². The van der Waals surface area contributed by atoms with Crippen LogP contribution in [0.1, 0.15) is 11.1 Å². The van der Waals surface area contributed by atoms with Crippen molar-refractivity contribution in [3.8, 4) is 17.2 Å². The molecule has 0 radical (unpaired) electrons. The topological polar surface area (TPSA) is 55.3 Å². The third-order valence-electron chi connectivity index (χ3n) is 4.08. The van der Waals surface area contributed by atoms with E-state index < -0.39 is 0 Å². The molecular weight excluding hydrogens is 349 g/mol. The van der Waals surface area contributed by atoms with E-state index in [0.717, 1.165) is 11.1 Å². The van der Waals surface area contributed by atoms with E-state index in [1.165, 1.54) is 12.1 Å². The molecule has 0 amide bonds. The second-order valence-electron chi connectivity index (χ2n) is 5.92. The van der Waals surface area contributed by atoms with Gasteiger partial charge in [-0.15, -0.1) is 0 Å². The second-order valence-corrected chi connectivity index (χ2v) is 5.92. The van der Waals surface area contributed by atoms with Gasteiger partial charge >= 0.3 is 0 Å². The molecule has 7 heteroatoms. The van der Waals surface area contributed by atoms with Crippen LogP contribution >= 0.6 is 0 Å². The van der Waals surface area contributed by atoms with Crippen LogP contribution in [0.25, 0.3) is 0 Å². The molecule has 2 aromatic carbocycles. The number of methoxy groups -OCH3 is 3. The van der Waals surface area contributed by atoms with Crippen LogP contribution in [0.15, 0.2) is 41.4 Å². The van der Waals surface area contributed by atoms with E-state index in [-0.39, 0.29) is 5.82 Å². The van der Waals surface area contributed by atoms with Crippen LogP contribution in [0.2, 0.25) is 0 Å². The minimum absolute atomic E-state index is 0.244. The van der Waals surface area contributed by atoms with Gasteiger partial charge in [-0.3, -0.25) is 4.99 Å². The molecule has 1 N–H and O–H groups in total. The van der Waals surface area contributed by atoms with Crippen LogP contribution in [0.4, 0.5) is 4.39 Å². The highest BCUT2D eigenvalue weighted by molar-refractivity contribution is 5.79. The minimum Gasteiger partial charge on any atom is -0.493 e. The zero-order chi connectivity index (χ0) is 19.8. The Morgan fingerprint density at radius 2 is 1.59 bits per heavy atom. The predicted molar refractivity (Wildman–Crippen MR) is 104 cm³/mol. The SMILES string of the molecule is CN=C(NCc1cc(OC)c(OC)c(OC)c1)N(C)Cc1ccc(F)cc1. The number of hydrogen-bond donors (Lipinski definition) is 1. The van der Waals surface area contributed by atoms with Crippen LogP contribution in [0.3, 0.4) is 0 Å². The van der Waals surface area contributed by atoms with Crippen molar-refractivity contribution in [1.82, 2.24) is 10.2 Å². The van der Waals surface area contributed by atoms with Crippen molar-refractivity contribution >= 4 is 5.96 Å². The molecular formula is C20H26FN3O3. The molecule has 0 unspecified atom stereocenters. The Bertz CT molecular complexity index is 754. The van der Waals surface area contributed by atoms with Crippen molar-refractivity contribution < 1.29 is 18.6 Å². The van der Waals surface area contributed by atoms with Crippen molar-refractivity contribution in [2.24, 2.45) is 4.99 Å². The Morgan fingerprint density at radius 3 is 2.07 bits per heavy atom. The lowest BCUT2D eigenvalue weighted by atomic mass is 10.1. The van der Waals surface area contributed by atoms with E-state index in [1.54, 1.807) is 40.5 Å². The lowest BCUT2D eigenvalue weighted by molar-refractivity contribution is 0.323. The Morgan fingerprint density at radius 1 is 1.00 bits per heavy atom. The molecule has 0 aliphatic carbocycles. The van der Waals surface area contributed by atoms with Gasteiger partial charge in [0.2, 0.25) is 5.75 Å². The number of rotatable bonds is 7.